The molecule has 0 amide bonds. The molecule has 4 heteroatoms. The van der Waals surface area contributed by atoms with Crippen molar-refractivity contribution in [2.75, 3.05) is 16.6 Å². The van der Waals surface area contributed by atoms with Crippen LogP contribution in [0.25, 0.3) is 49.7 Å². The predicted molar refractivity (Wildman–Crippen MR) is 220 cm³/mol. The Morgan fingerprint density at radius 2 is 0.962 bits per heavy atom. The van der Waals surface area contributed by atoms with E-state index in [1.54, 1.807) is 0 Å². The summed E-state index contributed by atoms with van der Waals surface area (Å²) in [5, 5.41) is 10.2. The summed E-state index contributed by atoms with van der Waals surface area (Å²) in [5.74, 6) is 0.917. The summed E-state index contributed by atoms with van der Waals surface area (Å²) in [6.07, 6.45) is 0. The normalized spacial score (nSPS) is 13.2. The fourth-order valence-electron chi connectivity index (χ4n) is 7.56. The molecule has 0 fully saturated rings. The van der Waals surface area contributed by atoms with Crippen LogP contribution in [-0.4, -0.2) is 17.1 Å². The van der Waals surface area contributed by atoms with Gasteiger partial charge in [-0.25, -0.2) is 5.01 Å². The minimum atomic E-state index is -0.0880. The largest absolute Gasteiger partial charge is 0.309 e. The van der Waals surface area contributed by atoms with Gasteiger partial charge in [-0.1, -0.05) is 166 Å². The summed E-state index contributed by atoms with van der Waals surface area (Å²) >= 11 is 0. The standard InChI is InChI=1S/C48H40N4/c1-48(2,3)37-30-38(32-39(31-37)52-44-28-15-13-24-42(44)43-25-14-16-29-45(43)52)51-33-50(47(49-51)36-22-11-6-12-23-36)46-40(34-18-7-4-8-19-34)26-17-27-41(46)35-20-9-5-10-21-35/h4-32H,33H2,1-3H3. The summed E-state index contributed by atoms with van der Waals surface area (Å²) in [7, 11) is 0. The average molecular weight is 673 g/mol. The van der Waals surface area contributed by atoms with Crippen LogP contribution in [0, 0.1) is 0 Å². The average Bonchev–Trinajstić information content (AvgIpc) is 3.79. The maximum absolute atomic E-state index is 5.49. The first-order valence-electron chi connectivity index (χ1n) is 18.0. The summed E-state index contributed by atoms with van der Waals surface area (Å²) in [6, 6.07) is 63.1. The van der Waals surface area contributed by atoms with Crippen LogP contribution in [0.1, 0.15) is 31.9 Å². The molecule has 2 heterocycles. The van der Waals surface area contributed by atoms with Crippen molar-refractivity contribution < 1.29 is 0 Å². The molecule has 52 heavy (non-hydrogen) atoms. The molecule has 0 bridgehead atoms. The molecule has 0 unspecified atom stereocenters. The van der Waals surface area contributed by atoms with Gasteiger partial charge in [0.2, 0.25) is 0 Å². The van der Waals surface area contributed by atoms with E-state index in [0.717, 1.165) is 28.5 Å². The number of hydrazone groups is 1. The first kappa shape index (κ1) is 31.6. The lowest BCUT2D eigenvalue weighted by atomic mass is 9.86. The number of aromatic nitrogens is 1. The van der Waals surface area contributed by atoms with Gasteiger partial charge in [0.05, 0.1) is 22.4 Å². The van der Waals surface area contributed by atoms with Crippen LogP contribution in [0.3, 0.4) is 0 Å². The van der Waals surface area contributed by atoms with Crippen LogP contribution in [0.15, 0.2) is 181 Å². The van der Waals surface area contributed by atoms with Crippen LogP contribution in [0.2, 0.25) is 0 Å². The Balaban J connectivity index is 1.26. The molecule has 8 aromatic rings. The highest BCUT2D eigenvalue weighted by atomic mass is 15.6. The molecule has 9 rings (SSSR count). The van der Waals surface area contributed by atoms with Crippen molar-refractivity contribution in [3.63, 3.8) is 0 Å². The number of hydrogen-bond donors (Lipinski definition) is 0. The van der Waals surface area contributed by atoms with E-state index in [4.69, 9.17) is 5.10 Å². The Morgan fingerprint density at radius 3 is 1.50 bits per heavy atom. The lowest BCUT2D eigenvalue weighted by molar-refractivity contribution is 0.589. The van der Waals surface area contributed by atoms with E-state index in [1.807, 2.05) is 0 Å². The molecular formula is C48H40N4. The van der Waals surface area contributed by atoms with Crippen molar-refractivity contribution in [1.82, 2.24) is 4.57 Å². The van der Waals surface area contributed by atoms with Gasteiger partial charge in [0.15, 0.2) is 5.84 Å². The molecule has 0 N–H and O–H groups in total. The van der Waals surface area contributed by atoms with Gasteiger partial charge < -0.3 is 9.47 Å². The molecule has 0 aliphatic carbocycles. The molecule has 1 aliphatic heterocycles. The van der Waals surface area contributed by atoms with Crippen molar-refractivity contribution in [1.29, 1.82) is 0 Å². The number of anilines is 2. The molecule has 1 aromatic heterocycles. The second-order valence-corrected chi connectivity index (χ2v) is 14.6. The molecule has 4 nitrogen and oxygen atoms in total. The minimum absolute atomic E-state index is 0.0880. The molecule has 0 saturated carbocycles. The highest BCUT2D eigenvalue weighted by Crippen LogP contribution is 2.43. The van der Waals surface area contributed by atoms with Crippen LogP contribution < -0.4 is 9.91 Å². The number of hydrogen-bond acceptors (Lipinski definition) is 3. The zero-order chi connectivity index (χ0) is 35.2. The molecule has 0 radical (unpaired) electrons. The summed E-state index contributed by atoms with van der Waals surface area (Å²) in [4.78, 5) is 2.41. The van der Waals surface area contributed by atoms with E-state index in [9.17, 15) is 0 Å². The van der Waals surface area contributed by atoms with Gasteiger partial charge in [-0.15, -0.1) is 0 Å². The first-order chi connectivity index (χ1) is 25.4. The number of amidine groups is 1. The summed E-state index contributed by atoms with van der Waals surface area (Å²) in [5.41, 5.74) is 12.6. The van der Waals surface area contributed by atoms with Crippen molar-refractivity contribution in [2.24, 2.45) is 5.10 Å². The molecular weight excluding hydrogens is 633 g/mol. The van der Waals surface area contributed by atoms with E-state index in [2.05, 4.69) is 211 Å². The smallest absolute Gasteiger partial charge is 0.162 e. The van der Waals surface area contributed by atoms with Gasteiger partial charge in [-0.3, -0.25) is 0 Å². The second kappa shape index (κ2) is 12.7. The van der Waals surface area contributed by atoms with Crippen molar-refractivity contribution in [3.8, 4) is 27.9 Å². The van der Waals surface area contributed by atoms with Gasteiger partial charge >= 0.3 is 0 Å². The van der Waals surface area contributed by atoms with E-state index >= 15 is 0 Å². The van der Waals surface area contributed by atoms with E-state index in [0.29, 0.717) is 6.67 Å². The predicted octanol–water partition coefficient (Wildman–Crippen LogP) is 12.1. The van der Waals surface area contributed by atoms with Gasteiger partial charge in [-0.05, 0) is 52.4 Å². The number of nitrogens with zero attached hydrogens (tertiary/aromatic N) is 4. The SMILES string of the molecule is CC(C)(C)c1cc(N2CN(c3c(-c4ccccc4)cccc3-c3ccccc3)C(c3ccccc3)=N2)cc(-n2c3ccccc3c3ccccc32)c1. The maximum Gasteiger partial charge on any atom is 0.162 e. The van der Waals surface area contributed by atoms with Crippen LogP contribution in [0.5, 0.6) is 0 Å². The van der Waals surface area contributed by atoms with Gasteiger partial charge in [0, 0.05) is 33.2 Å². The highest BCUT2D eigenvalue weighted by Gasteiger charge is 2.31. The van der Waals surface area contributed by atoms with Gasteiger partial charge in [0.1, 0.15) is 6.67 Å². The van der Waals surface area contributed by atoms with Crippen LogP contribution in [0.4, 0.5) is 11.4 Å². The number of fused-ring (bicyclic) bond motifs is 3. The Labute approximate surface area is 305 Å². The van der Waals surface area contributed by atoms with Crippen molar-refractivity contribution >= 4 is 39.0 Å². The fraction of sp³-hybridized carbons (Fsp3) is 0.104. The monoisotopic (exact) mass is 672 g/mol. The Morgan fingerprint density at radius 1 is 0.481 bits per heavy atom. The lowest BCUT2D eigenvalue weighted by Crippen LogP contribution is -2.32. The Hall–Kier alpha value is -6.39. The van der Waals surface area contributed by atoms with Crippen molar-refractivity contribution in [3.05, 3.63) is 187 Å². The molecule has 0 saturated heterocycles. The van der Waals surface area contributed by atoms with E-state index in [1.165, 1.54) is 49.6 Å². The topological polar surface area (TPSA) is 23.8 Å². The van der Waals surface area contributed by atoms with Crippen LogP contribution in [-0.2, 0) is 5.41 Å². The Bertz CT molecular complexity index is 2470. The third kappa shape index (κ3) is 5.53. The number of para-hydroxylation sites is 3. The molecule has 252 valence electrons. The third-order valence-electron chi connectivity index (χ3n) is 10.2. The fourth-order valence-corrected chi connectivity index (χ4v) is 7.56. The quantitative estimate of drug-likeness (QED) is 0.176. The number of benzene rings is 7. The highest BCUT2D eigenvalue weighted by molar-refractivity contribution is 6.16. The first-order valence-corrected chi connectivity index (χ1v) is 18.0. The zero-order valence-electron chi connectivity index (χ0n) is 29.7. The van der Waals surface area contributed by atoms with E-state index < -0.39 is 0 Å². The maximum atomic E-state index is 5.49. The Kier molecular flexibility index (Phi) is 7.74. The van der Waals surface area contributed by atoms with Gasteiger partial charge in [-0.2, -0.15) is 5.10 Å². The molecule has 7 aromatic carbocycles. The zero-order valence-corrected chi connectivity index (χ0v) is 29.7. The second-order valence-electron chi connectivity index (χ2n) is 14.6. The molecule has 1 aliphatic rings. The van der Waals surface area contributed by atoms with Gasteiger partial charge in [0.25, 0.3) is 0 Å². The molecule has 0 atom stereocenters. The third-order valence-corrected chi connectivity index (χ3v) is 10.2. The van der Waals surface area contributed by atoms with E-state index in [-0.39, 0.29) is 5.41 Å². The summed E-state index contributed by atoms with van der Waals surface area (Å²) in [6.45, 7) is 7.42. The van der Waals surface area contributed by atoms with Crippen LogP contribution >= 0.6 is 0 Å². The van der Waals surface area contributed by atoms with Crippen molar-refractivity contribution in [2.45, 2.75) is 26.2 Å². The lowest BCUT2D eigenvalue weighted by Gasteiger charge is -2.28. The minimum Gasteiger partial charge on any atom is -0.309 e. The molecule has 0 spiro atoms. The number of rotatable bonds is 6. The summed E-state index contributed by atoms with van der Waals surface area (Å²) < 4.78 is 2.41.